The average Bonchev–Trinajstić information content (AvgIpc) is 2.55. The van der Waals surface area contributed by atoms with Crippen LogP contribution in [0.2, 0.25) is 5.02 Å². The van der Waals surface area contributed by atoms with Crippen LogP contribution in [-0.2, 0) is 11.3 Å². The number of amides is 1. The summed E-state index contributed by atoms with van der Waals surface area (Å²) in [6.07, 6.45) is 2.22. The molecule has 2 aromatic rings. The van der Waals surface area contributed by atoms with Gasteiger partial charge >= 0.3 is 0 Å². The Hall–Kier alpha value is -2.05. The molecule has 0 saturated carbocycles. The van der Waals surface area contributed by atoms with Crippen LogP contribution in [0.15, 0.2) is 23.1 Å². The summed E-state index contributed by atoms with van der Waals surface area (Å²) >= 11 is 6.23. The molecule has 1 amide bonds. The summed E-state index contributed by atoms with van der Waals surface area (Å²) in [6, 6.07) is 3.38. The molecule has 1 aliphatic rings. The van der Waals surface area contributed by atoms with Gasteiger partial charge in [-0.2, -0.15) is 0 Å². The molecule has 24 heavy (non-hydrogen) atoms. The van der Waals surface area contributed by atoms with Crippen molar-refractivity contribution in [3.8, 4) is 5.75 Å². The van der Waals surface area contributed by atoms with Crippen LogP contribution in [0, 0.1) is 0 Å². The van der Waals surface area contributed by atoms with Gasteiger partial charge in [0.15, 0.2) is 0 Å². The number of carbonyl (C=O) groups is 1. The maximum Gasteiger partial charge on any atom is 0.256 e. The van der Waals surface area contributed by atoms with Crippen molar-refractivity contribution in [1.82, 2.24) is 9.88 Å². The molecule has 0 fully saturated rings. The van der Waals surface area contributed by atoms with E-state index in [1.807, 2.05) is 11.5 Å². The lowest BCUT2D eigenvalue weighted by Crippen LogP contribution is -2.33. The Morgan fingerprint density at radius 3 is 3.04 bits per heavy atom. The quantitative estimate of drug-likeness (QED) is 0.839. The molecular formula is C17H19ClN2O4. The fourth-order valence-electron chi connectivity index (χ4n) is 2.91. The standard InChI is InChI=1S/C17H19ClN2O4/c1-10-8-20-9-11(17(22)19-6-3-7-23-2)16(21)14-12(18)4-5-13(24-10)15(14)20/h4-5,9-10H,3,6-8H2,1-2H3,(H,19,22). The van der Waals surface area contributed by atoms with Crippen LogP contribution in [0.25, 0.3) is 10.9 Å². The van der Waals surface area contributed by atoms with Gasteiger partial charge in [-0.1, -0.05) is 11.6 Å². The first kappa shape index (κ1) is 16.8. The molecule has 1 aliphatic heterocycles. The molecule has 0 bridgehead atoms. The van der Waals surface area contributed by atoms with Crippen molar-refractivity contribution in [2.45, 2.75) is 26.0 Å². The molecule has 1 N–H and O–H groups in total. The SMILES string of the molecule is COCCCNC(=O)c1cn2c3c(ccc(Cl)c3c1=O)OC(C)C2. The number of hydrogen-bond acceptors (Lipinski definition) is 4. The van der Waals surface area contributed by atoms with E-state index in [2.05, 4.69) is 5.32 Å². The molecule has 6 nitrogen and oxygen atoms in total. The van der Waals surface area contributed by atoms with Crippen LogP contribution in [0.3, 0.4) is 0 Å². The minimum absolute atomic E-state index is 0.0537. The van der Waals surface area contributed by atoms with E-state index in [1.54, 1.807) is 25.4 Å². The van der Waals surface area contributed by atoms with Gasteiger partial charge in [0.1, 0.15) is 17.4 Å². The molecule has 3 rings (SSSR count). The summed E-state index contributed by atoms with van der Waals surface area (Å²) in [7, 11) is 1.60. The smallest absolute Gasteiger partial charge is 0.256 e. The normalized spacial score (nSPS) is 16.0. The first-order chi connectivity index (χ1) is 11.5. The summed E-state index contributed by atoms with van der Waals surface area (Å²) < 4.78 is 12.6. The molecule has 1 aromatic carbocycles. The molecule has 7 heteroatoms. The second-order valence-electron chi connectivity index (χ2n) is 5.82. The van der Waals surface area contributed by atoms with Crippen LogP contribution < -0.4 is 15.5 Å². The van der Waals surface area contributed by atoms with E-state index in [4.69, 9.17) is 21.1 Å². The fraction of sp³-hybridized carbons (Fsp3) is 0.412. The summed E-state index contributed by atoms with van der Waals surface area (Å²) in [5.41, 5.74) is 0.352. The van der Waals surface area contributed by atoms with E-state index in [-0.39, 0.29) is 17.1 Å². The molecule has 1 atom stereocenters. The van der Waals surface area contributed by atoms with E-state index in [1.165, 1.54) is 0 Å². The number of hydrogen-bond donors (Lipinski definition) is 1. The summed E-state index contributed by atoms with van der Waals surface area (Å²) in [4.78, 5) is 25.2. The zero-order valence-corrected chi connectivity index (χ0v) is 14.4. The number of benzene rings is 1. The molecular weight excluding hydrogens is 332 g/mol. The number of rotatable bonds is 5. The summed E-state index contributed by atoms with van der Waals surface area (Å²) in [5, 5.41) is 3.39. The molecule has 0 aliphatic carbocycles. The van der Waals surface area contributed by atoms with E-state index >= 15 is 0 Å². The molecule has 0 spiro atoms. The van der Waals surface area contributed by atoms with Gasteiger partial charge in [-0.3, -0.25) is 9.59 Å². The predicted octanol–water partition coefficient (Wildman–Crippen LogP) is 2.20. The van der Waals surface area contributed by atoms with E-state index in [9.17, 15) is 9.59 Å². The molecule has 2 heterocycles. The zero-order chi connectivity index (χ0) is 17.3. The molecule has 0 radical (unpaired) electrons. The number of ether oxygens (including phenoxy) is 2. The molecule has 0 saturated heterocycles. The predicted molar refractivity (Wildman–Crippen MR) is 92.1 cm³/mol. The van der Waals surface area contributed by atoms with Crippen LogP contribution in [0.5, 0.6) is 5.75 Å². The highest BCUT2D eigenvalue weighted by molar-refractivity contribution is 6.35. The van der Waals surface area contributed by atoms with Crippen molar-refractivity contribution in [3.05, 3.63) is 39.1 Å². The number of aromatic nitrogens is 1. The van der Waals surface area contributed by atoms with E-state index in [0.717, 1.165) is 0 Å². The molecule has 128 valence electrons. The number of halogens is 1. The van der Waals surface area contributed by atoms with Gasteiger partial charge in [-0.25, -0.2) is 0 Å². The number of nitrogens with zero attached hydrogens (tertiary/aromatic N) is 1. The van der Waals surface area contributed by atoms with Crippen molar-refractivity contribution in [3.63, 3.8) is 0 Å². The number of carbonyl (C=O) groups excluding carboxylic acids is 1. The second-order valence-corrected chi connectivity index (χ2v) is 6.23. The van der Waals surface area contributed by atoms with Gasteiger partial charge in [0, 0.05) is 26.5 Å². The minimum Gasteiger partial charge on any atom is -0.487 e. The lowest BCUT2D eigenvalue weighted by atomic mass is 10.1. The lowest BCUT2D eigenvalue weighted by molar-refractivity contribution is 0.0946. The van der Waals surface area contributed by atoms with Crippen molar-refractivity contribution in [1.29, 1.82) is 0 Å². The summed E-state index contributed by atoms with van der Waals surface area (Å²) in [6.45, 7) is 3.48. The third-order valence-electron chi connectivity index (χ3n) is 3.97. The van der Waals surface area contributed by atoms with E-state index in [0.29, 0.717) is 47.8 Å². The van der Waals surface area contributed by atoms with Gasteiger partial charge in [0.25, 0.3) is 5.91 Å². The monoisotopic (exact) mass is 350 g/mol. The maximum absolute atomic E-state index is 12.8. The third-order valence-corrected chi connectivity index (χ3v) is 4.29. The maximum atomic E-state index is 12.8. The van der Waals surface area contributed by atoms with Gasteiger partial charge < -0.3 is 19.4 Å². The van der Waals surface area contributed by atoms with Gasteiger partial charge in [0.05, 0.1) is 22.5 Å². The van der Waals surface area contributed by atoms with Crippen LogP contribution >= 0.6 is 11.6 Å². The summed E-state index contributed by atoms with van der Waals surface area (Å²) in [5.74, 6) is 0.208. The Kier molecular flexibility index (Phi) is 4.78. The van der Waals surface area contributed by atoms with Gasteiger partial charge in [-0.05, 0) is 25.5 Å². The van der Waals surface area contributed by atoms with Crippen molar-refractivity contribution >= 4 is 28.4 Å². The number of nitrogens with one attached hydrogen (secondary N) is 1. The Bertz CT molecular complexity index is 847. The first-order valence-corrected chi connectivity index (χ1v) is 8.20. The van der Waals surface area contributed by atoms with Crippen LogP contribution in [0.1, 0.15) is 23.7 Å². The van der Waals surface area contributed by atoms with Crippen LogP contribution in [0.4, 0.5) is 0 Å². The number of methoxy groups -OCH3 is 1. The Morgan fingerprint density at radius 2 is 2.29 bits per heavy atom. The molecule has 1 unspecified atom stereocenters. The highest BCUT2D eigenvalue weighted by Crippen LogP contribution is 2.33. The third kappa shape index (κ3) is 2.99. The van der Waals surface area contributed by atoms with Gasteiger partial charge in [-0.15, -0.1) is 0 Å². The highest BCUT2D eigenvalue weighted by Gasteiger charge is 2.24. The Morgan fingerprint density at radius 1 is 1.50 bits per heavy atom. The Balaban J connectivity index is 2.05. The number of pyridine rings is 1. The van der Waals surface area contributed by atoms with E-state index < -0.39 is 5.91 Å². The van der Waals surface area contributed by atoms with Crippen LogP contribution in [-0.4, -0.2) is 36.8 Å². The average molecular weight is 351 g/mol. The van der Waals surface area contributed by atoms with Crippen molar-refractivity contribution in [2.75, 3.05) is 20.3 Å². The van der Waals surface area contributed by atoms with Crippen molar-refractivity contribution < 1.29 is 14.3 Å². The first-order valence-electron chi connectivity index (χ1n) is 7.82. The second kappa shape index (κ2) is 6.83. The lowest BCUT2D eigenvalue weighted by Gasteiger charge is -2.26. The van der Waals surface area contributed by atoms with Gasteiger partial charge in [0.2, 0.25) is 5.43 Å². The minimum atomic E-state index is -0.401. The Labute approximate surface area is 144 Å². The zero-order valence-electron chi connectivity index (χ0n) is 13.6. The topological polar surface area (TPSA) is 69.6 Å². The van der Waals surface area contributed by atoms with Crippen molar-refractivity contribution in [2.24, 2.45) is 0 Å². The largest absolute Gasteiger partial charge is 0.487 e. The fourth-order valence-corrected chi connectivity index (χ4v) is 3.15. The molecule has 1 aromatic heterocycles. The highest BCUT2D eigenvalue weighted by atomic mass is 35.5.